The van der Waals surface area contributed by atoms with Gasteiger partial charge in [0.05, 0.1) is 0 Å². The fourth-order valence-corrected chi connectivity index (χ4v) is 7.90. The van der Waals surface area contributed by atoms with Crippen LogP contribution in [-0.4, -0.2) is 37.2 Å². The number of allylic oxidation sites excluding steroid dienone is 20. The van der Waals surface area contributed by atoms with Gasteiger partial charge in [0.25, 0.3) is 0 Å². The highest BCUT2D eigenvalue weighted by molar-refractivity contribution is 5.71. The minimum absolute atomic E-state index is 0.0965. The minimum Gasteiger partial charge on any atom is -0.462 e. The van der Waals surface area contributed by atoms with Gasteiger partial charge in [-0.15, -0.1) is 0 Å². The van der Waals surface area contributed by atoms with Crippen molar-refractivity contribution in [1.29, 1.82) is 0 Å². The quantitative estimate of drug-likeness (QED) is 0.0261. The third-order valence-electron chi connectivity index (χ3n) is 12.4. The van der Waals surface area contributed by atoms with Gasteiger partial charge in [0.2, 0.25) is 0 Å². The van der Waals surface area contributed by atoms with Crippen molar-refractivity contribution in [2.24, 2.45) is 0 Å². The maximum Gasteiger partial charge on any atom is 0.306 e. The number of rotatable bonds is 53. The van der Waals surface area contributed by atoms with Crippen molar-refractivity contribution in [1.82, 2.24) is 0 Å². The molecule has 0 aliphatic rings. The molecule has 6 nitrogen and oxygen atoms in total. The highest BCUT2D eigenvalue weighted by atomic mass is 16.6. The molecule has 0 spiro atoms. The van der Waals surface area contributed by atoms with Gasteiger partial charge in [0.15, 0.2) is 6.10 Å². The van der Waals surface area contributed by atoms with E-state index >= 15 is 0 Å². The molecule has 0 saturated carbocycles. The summed E-state index contributed by atoms with van der Waals surface area (Å²) in [5.74, 6) is -0.939. The Morgan fingerprint density at radius 1 is 0.288 bits per heavy atom. The zero-order valence-corrected chi connectivity index (χ0v) is 47.4. The molecular formula is C67H110O6. The highest BCUT2D eigenvalue weighted by Gasteiger charge is 2.19. The fraction of sp³-hybridized carbons (Fsp3) is 0.657. The molecule has 6 heteroatoms. The van der Waals surface area contributed by atoms with Crippen molar-refractivity contribution in [2.75, 3.05) is 13.2 Å². The molecule has 0 radical (unpaired) electrons. The second kappa shape index (κ2) is 60.4. The lowest BCUT2D eigenvalue weighted by Crippen LogP contribution is -2.30. The molecule has 0 aliphatic carbocycles. The average Bonchev–Trinajstić information content (AvgIpc) is 3.39. The van der Waals surface area contributed by atoms with Crippen LogP contribution in [0.1, 0.15) is 265 Å². The number of esters is 3. The lowest BCUT2D eigenvalue weighted by molar-refractivity contribution is -0.167. The number of hydrogen-bond donors (Lipinski definition) is 0. The Morgan fingerprint density at radius 3 is 0.890 bits per heavy atom. The number of unbranched alkanes of at least 4 members (excludes halogenated alkanes) is 22. The smallest absolute Gasteiger partial charge is 0.306 e. The van der Waals surface area contributed by atoms with E-state index in [4.69, 9.17) is 14.2 Å². The van der Waals surface area contributed by atoms with Crippen LogP contribution in [0.4, 0.5) is 0 Å². The number of carbonyl (C=O) groups is 3. The maximum absolute atomic E-state index is 12.8. The highest BCUT2D eigenvalue weighted by Crippen LogP contribution is 2.14. The van der Waals surface area contributed by atoms with E-state index in [-0.39, 0.29) is 31.1 Å². The Labute approximate surface area is 450 Å². The summed E-state index contributed by atoms with van der Waals surface area (Å²) in [6, 6.07) is 0. The largest absolute Gasteiger partial charge is 0.462 e. The first-order valence-corrected chi connectivity index (χ1v) is 30.0. The Morgan fingerprint density at radius 2 is 0.548 bits per heavy atom. The Bertz CT molecular complexity index is 1540. The minimum atomic E-state index is -0.800. The van der Waals surface area contributed by atoms with Crippen LogP contribution in [0.25, 0.3) is 0 Å². The average molecular weight is 1010 g/mol. The molecule has 73 heavy (non-hydrogen) atoms. The van der Waals surface area contributed by atoms with Gasteiger partial charge in [-0.25, -0.2) is 0 Å². The lowest BCUT2D eigenvalue weighted by atomic mass is 10.1. The van der Waals surface area contributed by atoms with Crippen LogP contribution >= 0.6 is 0 Å². The summed E-state index contributed by atoms with van der Waals surface area (Å²) in [5, 5.41) is 0. The first kappa shape index (κ1) is 68.8. The van der Waals surface area contributed by atoms with Crippen molar-refractivity contribution in [3.8, 4) is 0 Å². The molecule has 0 rings (SSSR count). The Balaban J connectivity index is 4.39. The molecule has 0 amide bonds. The van der Waals surface area contributed by atoms with Gasteiger partial charge in [-0.2, -0.15) is 0 Å². The summed E-state index contributed by atoms with van der Waals surface area (Å²) >= 11 is 0. The molecule has 0 aromatic rings. The van der Waals surface area contributed by atoms with Crippen molar-refractivity contribution in [3.63, 3.8) is 0 Å². The summed E-state index contributed by atoms with van der Waals surface area (Å²) in [4.78, 5) is 38.2. The van der Waals surface area contributed by atoms with Crippen molar-refractivity contribution in [2.45, 2.75) is 271 Å². The molecule has 1 atom stereocenters. The number of carbonyl (C=O) groups excluding carboxylic acids is 3. The van der Waals surface area contributed by atoms with E-state index in [0.29, 0.717) is 19.3 Å². The van der Waals surface area contributed by atoms with E-state index < -0.39 is 6.10 Å². The van der Waals surface area contributed by atoms with Crippen LogP contribution < -0.4 is 0 Å². The van der Waals surface area contributed by atoms with Crippen molar-refractivity contribution < 1.29 is 28.6 Å². The van der Waals surface area contributed by atoms with Crippen LogP contribution in [0.5, 0.6) is 0 Å². The molecule has 0 heterocycles. The second-order valence-electron chi connectivity index (χ2n) is 19.5. The monoisotopic (exact) mass is 1010 g/mol. The van der Waals surface area contributed by atoms with Gasteiger partial charge in [-0.3, -0.25) is 14.4 Å². The third-order valence-corrected chi connectivity index (χ3v) is 12.4. The summed E-state index contributed by atoms with van der Waals surface area (Å²) in [7, 11) is 0. The third kappa shape index (κ3) is 58.6. The van der Waals surface area contributed by atoms with Crippen LogP contribution in [-0.2, 0) is 28.6 Å². The van der Waals surface area contributed by atoms with Gasteiger partial charge < -0.3 is 14.2 Å². The van der Waals surface area contributed by atoms with E-state index in [9.17, 15) is 14.4 Å². The molecular weight excluding hydrogens is 901 g/mol. The van der Waals surface area contributed by atoms with Crippen LogP contribution in [0.2, 0.25) is 0 Å². The molecule has 0 saturated heterocycles. The number of hydrogen-bond acceptors (Lipinski definition) is 6. The topological polar surface area (TPSA) is 78.9 Å². The first-order chi connectivity index (χ1) is 36.0. The van der Waals surface area contributed by atoms with Gasteiger partial charge in [0.1, 0.15) is 13.2 Å². The standard InChI is InChI=1S/C67H110O6/c1-4-7-10-13-16-19-22-25-28-29-30-31-32-33-34-35-36-37-38-39-40-43-45-48-51-54-57-60-66(69)72-63-64(73-67(70)61-58-55-52-49-46-42-27-24-21-18-15-12-9-6-3)62-71-65(68)59-56-53-50-47-44-41-26-23-20-17-14-11-8-5-2/h7,10,15-16,18-19,23-28,30-31,33-34,36-37,39-40,64H,4-6,8-9,11-14,17,20-22,29,32,35,38,41-63H2,1-3H3/b10-7-,18-15-,19-16-,26-23-,27-24-,28-25-,31-30-,34-33-,37-36-,40-39-. The van der Waals surface area contributed by atoms with E-state index in [1.165, 1.54) is 70.6 Å². The molecule has 0 aliphatic heterocycles. The summed E-state index contributed by atoms with van der Waals surface area (Å²) < 4.78 is 16.8. The first-order valence-electron chi connectivity index (χ1n) is 30.0. The van der Waals surface area contributed by atoms with Gasteiger partial charge in [0, 0.05) is 19.3 Å². The summed E-state index contributed by atoms with van der Waals surface area (Å²) in [6.45, 7) is 6.44. The van der Waals surface area contributed by atoms with Crippen LogP contribution in [0, 0.1) is 0 Å². The van der Waals surface area contributed by atoms with Crippen LogP contribution in [0.3, 0.4) is 0 Å². The second-order valence-corrected chi connectivity index (χ2v) is 19.5. The molecule has 0 aromatic carbocycles. The van der Waals surface area contributed by atoms with Gasteiger partial charge in [-0.1, -0.05) is 239 Å². The lowest BCUT2D eigenvalue weighted by Gasteiger charge is -2.18. The van der Waals surface area contributed by atoms with Crippen LogP contribution in [0.15, 0.2) is 122 Å². The van der Waals surface area contributed by atoms with E-state index in [1.54, 1.807) is 0 Å². The number of ether oxygens (including phenoxy) is 3. The molecule has 0 bridgehead atoms. The zero-order valence-electron chi connectivity index (χ0n) is 47.4. The summed E-state index contributed by atoms with van der Waals surface area (Å²) in [6.07, 6.45) is 83.3. The van der Waals surface area contributed by atoms with Gasteiger partial charge in [-0.05, 0) is 128 Å². The zero-order chi connectivity index (χ0) is 52.9. The van der Waals surface area contributed by atoms with E-state index in [1.807, 2.05) is 0 Å². The van der Waals surface area contributed by atoms with Crippen molar-refractivity contribution >= 4 is 17.9 Å². The van der Waals surface area contributed by atoms with E-state index in [2.05, 4.69) is 142 Å². The Kier molecular flexibility index (Phi) is 56.9. The fourth-order valence-electron chi connectivity index (χ4n) is 7.90. The van der Waals surface area contributed by atoms with E-state index in [0.717, 1.165) is 154 Å². The molecule has 1 unspecified atom stereocenters. The summed E-state index contributed by atoms with van der Waals surface area (Å²) in [5.41, 5.74) is 0. The molecule has 414 valence electrons. The molecule has 0 aromatic heterocycles. The predicted octanol–water partition coefficient (Wildman–Crippen LogP) is 20.4. The predicted molar refractivity (Wildman–Crippen MR) is 316 cm³/mol. The normalized spacial score (nSPS) is 13.0. The molecule has 0 fully saturated rings. The maximum atomic E-state index is 12.8. The SMILES string of the molecule is CC/C=C\C/C=C\C/C=C\C/C=C\C/C=C\C/C=C\C/C=C\CCCCCCCC(=O)OCC(COC(=O)CCCCCCC/C=C\CCCCCCC)OC(=O)CCCCCCC/C=C\C/C=C\CCCC. The Hall–Kier alpha value is -4.19. The molecule has 0 N–H and O–H groups in total. The van der Waals surface area contributed by atoms with Gasteiger partial charge >= 0.3 is 17.9 Å². The van der Waals surface area contributed by atoms with Crippen molar-refractivity contribution in [3.05, 3.63) is 122 Å².